The number of nitrogens with one attached hydrogen (secondary N) is 1. The van der Waals surface area contributed by atoms with Crippen molar-refractivity contribution in [3.8, 4) is 0 Å². The van der Waals surface area contributed by atoms with Crippen molar-refractivity contribution in [2.75, 3.05) is 45.3 Å². The number of likely N-dealkylation sites (N-methyl/N-ethyl adjacent to an activating group) is 2. The second kappa shape index (κ2) is 18.7. The fourth-order valence-corrected chi connectivity index (χ4v) is 5.46. The van der Waals surface area contributed by atoms with Crippen LogP contribution in [0, 0.1) is 5.92 Å². The summed E-state index contributed by atoms with van der Waals surface area (Å²) >= 11 is 0. The van der Waals surface area contributed by atoms with Crippen LogP contribution in [0.3, 0.4) is 0 Å². The second-order valence-corrected chi connectivity index (χ2v) is 13.4. The van der Waals surface area contributed by atoms with Crippen LogP contribution < -0.4 is 10.2 Å². The van der Waals surface area contributed by atoms with Gasteiger partial charge < -0.3 is 34.1 Å². The van der Waals surface area contributed by atoms with Gasteiger partial charge in [0, 0.05) is 38.7 Å². The van der Waals surface area contributed by atoms with Gasteiger partial charge in [-0.25, -0.2) is 14.0 Å². The highest BCUT2D eigenvalue weighted by molar-refractivity contribution is 5.90. The third-order valence-electron chi connectivity index (χ3n) is 8.22. The smallest absolute Gasteiger partial charge is 0.347 e. The molecule has 1 aliphatic rings. The number of esters is 3. The summed E-state index contributed by atoms with van der Waals surface area (Å²) in [6.45, 7) is 10.7. The van der Waals surface area contributed by atoms with Crippen molar-refractivity contribution in [1.82, 2.24) is 10.2 Å². The predicted octanol–water partition coefficient (Wildman–Crippen LogP) is 4.25. The van der Waals surface area contributed by atoms with Crippen LogP contribution in [0.5, 0.6) is 0 Å². The zero-order chi connectivity index (χ0) is 36.1. The first-order chi connectivity index (χ1) is 23.2. The molecule has 0 spiro atoms. The highest BCUT2D eigenvalue weighted by atomic mass is 19.1. The lowest BCUT2D eigenvalue weighted by molar-refractivity contribution is -0.174. The molecule has 1 N–H and O–H groups in total. The van der Waals surface area contributed by atoms with Gasteiger partial charge in [0.25, 0.3) is 5.91 Å². The van der Waals surface area contributed by atoms with Crippen LogP contribution in [-0.2, 0) is 51.2 Å². The minimum Gasteiger partial charge on any atom is -0.458 e. The van der Waals surface area contributed by atoms with Gasteiger partial charge >= 0.3 is 17.9 Å². The zero-order valence-corrected chi connectivity index (χ0v) is 29.8. The Morgan fingerprint density at radius 1 is 0.918 bits per heavy atom. The molecule has 0 radical (unpaired) electrons. The topological polar surface area (TPSA) is 124 Å². The Labute approximate surface area is 289 Å². The van der Waals surface area contributed by atoms with Gasteiger partial charge in [-0.15, -0.1) is 0 Å². The van der Waals surface area contributed by atoms with Crippen molar-refractivity contribution in [3.05, 3.63) is 65.7 Å². The third kappa shape index (κ3) is 12.7. The number of carbonyl (C=O) groups excluding carboxylic acids is 4. The van der Waals surface area contributed by atoms with Crippen molar-refractivity contribution >= 4 is 29.5 Å². The van der Waals surface area contributed by atoms with Gasteiger partial charge in [0.1, 0.15) is 24.4 Å². The minimum absolute atomic E-state index is 0.0133. The molecule has 0 bridgehead atoms. The first kappa shape index (κ1) is 39.4. The van der Waals surface area contributed by atoms with Gasteiger partial charge in [-0.1, -0.05) is 56.3 Å². The molecule has 2 aromatic carbocycles. The fraction of sp³-hybridized carbons (Fsp3) is 0.568. The monoisotopic (exact) mass is 685 g/mol. The number of ether oxygens (including phenoxy) is 4. The van der Waals surface area contributed by atoms with Gasteiger partial charge in [-0.2, -0.15) is 0 Å². The van der Waals surface area contributed by atoms with E-state index in [0.717, 1.165) is 29.9 Å². The molecule has 1 saturated heterocycles. The van der Waals surface area contributed by atoms with Crippen LogP contribution in [0.2, 0.25) is 0 Å². The summed E-state index contributed by atoms with van der Waals surface area (Å²) in [6, 6.07) is 14.6. The maximum atomic E-state index is 14.5. The summed E-state index contributed by atoms with van der Waals surface area (Å²) in [7, 11) is 2.96. The first-order valence-corrected chi connectivity index (χ1v) is 16.8. The number of morpholine rings is 1. The quantitative estimate of drug-likeness (QED) is 0.191. The van der Waals surface area contributed by atoms with Gasteiger partial charge in [0.2, 0.25) is 0 Å². The molecule has 1 aliphatic heterocycles. The van der Waals surface area contributed by atoms with E-state index in [1.807, 2.05) is 68.4 Å². The first-order valence-electron chi connectivity index (χ1n) is 16.8. The fourth-order valence-electron chi connectivity index (χ4n) is 5.46. The lowest BCUT2D eigenvalue weighted by atomic mass is 10.00. The number of carbonyl (C=O) groups is 4. The van der Waals surface area contributed by atoms with E-state index in [0.29, 0.717) is 13.2 Å². The van der Waals surface area contributed by atoms with E-state index >= 15 is 0 Å². The summed E-state index contributed by atoms with van der Waals surface area (Å²) in [5.41, 5.74) is 0.828. The number of nitrogens with zero attached hydrogens (tertiary/aromatic N) is 2. The molecule has 1 fully saturated rings. The number of hydrogen-bond donors (Lipinski definition) is 1. The van der Waals surface area contributed by atoms with E-state index in [4.69, 9.17) is 18.9 Å². The molecule has 1 unspecified atom stereocenters. The van der Waals surface area contributed by atoms with E-state index in [2.05, 4.69) is 10.2 Å². The van der Waals surface area contributed by atoms with Crippen LogP contribution in [0.25, 0.3) is 0 Å². The van der Waals surface area contributed by atoms with Crippen LogP contribution in [0.15, 0.2) is 54.6 Å². The van der Waals surface area contributed by atoms with E-state index < -0.39 is 53.8 Å². The van der Waals surface area contributed by atoms with Gasteiger partial charge in [-0.05, 0) is 63.4 Å². The van der Waals surface area contributed by atoms with Gasteiger partial charge in [0.15, 0.2) is 12.2 Å². The normalized spacial score (nSPS) is 15.9. The summed E-state index contributed by atoms with van der Waals surface area (Å²) in [6.07, 6.45) is -2.50. The predicted molar refractivity (Wildman–Crippen MR) is 184 cm³/mol. The van der Waals surface area contributed by atoms with E-state index in [1.54, 1.807) is 0 Å². The van der Waals surface area contributed by atoms with Crippen LogP contribution >= 0.6 is 0 Å². The molecule has 3 rings (SSSR count). The average Bonchev–Trinajstić information content (AvgIpc) is 3.08. The Morgan fingerprint density at radius 2 is 1.55 bits per heavy atom. The molecule has 49 heavy (non-hydrogen) atoms. The van der Waals surface area contributed by atoms with E-state index in [-0.39, 0.29) is 31.8 Å². The zero-order valence-electron chi connectivity index (χ0n) is 29.8. The summed E-state index contributed by atoms with van der Waals surface area (Å²) in [5.74, 6) is -2.98. The molecule has 0 aromatic heterocycles. The highest BCUT2D eigenvalue weighted by Gasteiger charge is 2.38. The third-order valence-corrected chi connectivity index (χ3v) is 8.22. The minimum atomic E-state index is -1.68. The van der Waals surface area contributed by atoms with E-state index in [9.17, 15) is 23.6 Å². The molecule has 0 saturated carbocycles. The van der Waals surface area contributed by atoms with Crippen molar-refractivity contribution in [2.24, 2.45) is 5.92 Å². The number of anilines is 1. The van der Waals surface area contributed by atoms with Crippen molar-refractivity contribution in [2.45, 2.75) is 90.4 Å². The molecule has 1 heterocycles. The lowest BCUT2D eigenvalue weighted by Crippen LogP contribution is -2.51. The molecule has 11 nitrogen and oxygen atoms in total. The number of amides is 1. The Hall–Kier alpha value is -4.03. The highest BCUT2D eigenvalue weighted by Crippen LogP contribution is 2.22. The average molecular weight is 686 g/mol. The number of hydrogen-bond acceptors (Lipinski definition) is 10. The summed E-state index contributed by atoms with van der Waals surface area (Å²) in [5, 5.41) is 2.79. The van der Waals surface area contributed by atoms with Gasteiger partial charge in [-0.3, -0.25) is 9.59 Å². The molecule has 2 aromatic rings. The van der Waals surface area contributed by atoms with Gasteiger partial charge in [0.05, 0.1) is 13.2 Å². The van der Waals surface area contributed by atoms with Crippen LogP contribution in [0.1, 0.15) is 58.6 Å². The molecule has 4 atom stereocenters. The van der Waals surface area contributed by atoms with Crippen molar-refractivity contribution < 1.29 is 42.5 Å². The summed E-state index contributed by atoms with van der Waals surface area (Å²) < 4.78 is 36.6. The molecule has 12 heteroatoms. The SMILES string of the molecule is CN[C@@H](CC(C)(C)F)C(=O)O[C@H](Cc1ccc(N2CCOCC2)cc1)C(=O)N(C)C(CC(C)C)C(=O)O[C@H](C)C(=O)OCc1ccccc1. The lowest BCUT2D eigenvalue weighted by Gasteiger charge is -2.32. The maximum absolute atomic E-state index is 14.5. The van der Waals surface area contributed by atoms with Crippen molar-refractivity contribution in [3.63, 3.8) is 0 Å². The Bertz CT molecular complexity index is 1360. The number of alkyl halides is 1. The number of rotatable bonds is 17. The largest absolute Gasteiger partial charge is 0.458 e. The molecule has 0 aliphatic carbocycles. The Balaban J connectivity index is 1.80. The molecular formula is C37H52FN3O8. The number of halogens is 1. The molecule has 270 valence electrons. The standard InChI is InChI=1S/C37H52FN3O8/c1-25(2)21-31(36(45)48-26(3)34(43)47-24-28-11-9-8-10-12-28)40(7)33(42)32(49-35(44)30(39-6)23-37(4,5)38)22-27-13-15-29(16-14-27)41-17-19-46-20-18-41/h8-16,25-26,30-32,39H,17-24H2,1-7H3/t26-,30+,31?,32-/m1/s1. The molecular weight excluding hydrogens is 633 g/mol. The second-order valence-electron chi connectivity index (χ2n) is 13.4. The molecule has 1 amide bonds. The Kier molecular flexibility index (Phi) is 15.0. The van der Waals surface area contributed by atoms with Crippen LogP contribution in [0.4, 0.5) is 10.1 Å². The number of benzene rings is 2. The van der Waals surface area contributed by atoms with Crippen molar-refractivity contribution in [1.29, 1.82) is 0 Å². The summed E-state index contributed by atoms with van der Waals surface area (Å²) in [4.78, 5) is 57.0. The Morgan fingerprint density at radius 3 is 2.12 bits per heavy atom. The van der Waals surface area contributed by atoms with Crippen LogP contribution in [-0.4, -0.2) is 99.1 Å². The van der Waals surface area contributed by atoms with E-state index in [1.165, 1.54) is 39.8 Å². The maximum Gasteiger partial charge on any atom is 0.347 e.